The van der Waals surface area contributed by atoms with Crippen molar-refractivity contribution in [2.24, 2.45) is 0 Å². The smallest absolute Gasteiger partial charge is 0.185 e. The fourth-order valence-corrected chi connectivity index (χ4v) is 3.93. The third-order valence-electron chi connectivity index (χ3n) is 3.51. The summed E-state index contributed by atoms with van der Waals surface area (Å²) in [5, 5.41) is 2.59. The van der Waals surface area contributed by atoms with Crippen LogP contribution in [0.2, 0.25) is 4.34 Å². The van der Waals surface area contributed by atoms with E-state index >= 15 is 0 Å². The molecule has 112 valence electrons. The average Bonchev–Trinajstić information content (AvgIpc) is 2.82. The van der Waals surface area contributed by atoms with Crippen LogP contribution in [-0.2, 0) is 6.42 Å². The van der Waals surface area contributed by atoms with Gasteiger partial charge in [-0.3, -0.25) is 0 Å². The molecule has 3 rings (SSSR count). The van der Waals surface area contributed by atoms with Crippen LogP contribution in [0.25, 0.3) is 0 Å². The number of aryl methyl sites for hydroxylation is 1. The topological polar surface area (TPSA) is 12.0 Å². The number of halogens is 5. The minimum Gasteiger partial charge on any atom is -0.373 e. The van der Waals surface area contributed by atoms with Crippen LogP contribution in [-0.4, -0.2) is 0 Å². The van der Waals surface area contributed by atoms with Crippen LogP contribution in [0.4, 0.5) is 23.2 Å². The van der Waals surface area contributed by atoms with Crippen LogP contribution in [0.3, 0.4) is 0 Å². The highest BCUT2D eigenvalue weighted by molar-refractivity contribution is 7.16. The van der Waals surface area contributed by atoms with Crippen molar-refractivity contribution in [1.29, 1.82) is 0 Å². The molecular formula is C14H10ClF4NS. The second-order valence-electron chi connectivity index (χ2n) is 4.86. The standard InChI is InChI=1S/C14H10ClF4NS/c15-11-4-6-9(2-1-3-10(6)21-11)20-14-12(18)7(16)5-8(17)13(14)19/h4-5,9,20H,1-3H2. The maximum atomic E-state index is 13.7. The van der Waals surface area contributed by atoms with Crippen LogP contribution in [0.5, 0.6) is 0 Å². The van der Waals surface area contributed by atoms with Crippen molar-refractivity contribution in [2.45, 2.75) is 25.3 Å². The number of hydrogen-bond acceptors (Lipinski definition) is 2. The van der Waals surface area contributed by atoms with Crippen molar-refractivity contribution in [2.75, 3.05) is 5.32 Å². The van der Waals surface area contributed by atoms with Crippen molar-refractivity contribution < 1.29 is 17.6 Å². The van der Waals surface area contributed by atoms with Crippen molar-refractivity contribution in [3.8, 4) is 0 Å². The van der Waals surface area contributed by atoms with E-state index in [9.17, 15) is 17.6 Å². The zero-order valence-electron chi connectivity index (χ0n) is 10.7. The van der Waals surface area contributed by atoms with Crippen molar-refractivity contribution in [3.05, 3.63) is 50.2 Å². The van der Waals surface area contributed by atoms with E-state index in [0.717, 1.165) is 23.3 Å². The molecule has 1 aliphatic carbocycles. The predicted molar refractivity (Wildman–Crippen MR) is 74.9 cm³/mol. The van der Waals surface area contributed by atoms with E-state index < -0.39 is 35.0 Å². The Kier molecular flexibility index (Phi) is 3.84. The van der Waals surface area contributed by atoms with Crippen molar-refractivity contribution in [1.82, 2.24) is 0 Å². The Bertz CT molecular complexity index is 675. The normalized spacial score (nSPS) is 17.7. The van der Waals surface area contributed by atoms with Gasteiger partial charge in [-0.2, -0.15) is 0 Å². The molecule has 0 saturated carbocycles. The second-order valence-corrected chi connectivity index (χ2v) is 6.63. The van der Waals surface area contributed by atoms with Crippen LogP contribution >= 0.6 is 22.9 Å². The number of thiophene rings is 1. The molecule has 1 aliphatic rings. The fourth-order valence-electron chi connectivity index (χ4n) is 2.55. The Morgan fingerprint density at radius 1 is 1.10 bits per heavy atom. The summed E-state index contributed by atoms with van der Waals surface area (Å²) in [6.07, 6.45) is 2.26. The molecule has 0 spiro atoms. The Hall–Kier alpha value is -1.27. The highest BCUT2D eigenvalue weighted by Gasteiger charge is 2.26. The van der Waals surface area contributed by atoms with Crippen LogP contribution in [0.15, 0.2) is 12.1 Å². The fraction of sp³-hybridized carbons (Fsp3) is 0.286. The number of anilines is 1. The highest BCUT2D eigenvalue weighted by atomic mass is 35.5. The van der Waals surface area contributed by atoms with E-state index in [1.807, 2.05) is 0 Å². The van der Waals surface area contributed by atoms with Gasteiger partial charge in [-0.05, 0) is 30.9 Å². The molecule has 0 bridgehead atoms. The summed E-state index contributed by atoms with van der Waals surface area (Å²) in [6.45, 7) is 0. The second kappa shape index (κ2) is 5.50. The Balaban J connectivity index is 1.99. The van der Waals surface area contributed by atoms with E-state index in [0.29, 0.717) is 10.8 Å². The molecule has 1 heterocycles. The third-order valence-corrected chi connectivity index (χ3v) is 4.85. The van der Waals surface area contributed by atoms with Gasteiger partial charge in [0.1, 0.15) is 5.69 Å². The lowest BCUT2D eigenvalue weighted by molar-refractivity contribution is 0.455. The lowest BCUT2D eigenvalue weighted by Gasteiger charge is -2.25. The first-order chi connectivity index (χ1) is 9.97. The molecular weight excluding hydrogens is 326 g/mol. The van der Waals surface area contributed by atoms with Crippen LogP contribution in [0.1, 0.15) is 29.3 Å². The molecule has 1 N–H and O–H groups in total. The van der Waals surface area contributed by atoms with Gasteiger partial charge in [-0.15, -0.1) is 11.3 Å². The summed E-state index contributed by atoms with van der Waals surface area (Å²) in [5.41, 5.74) is 0.0624. The van der Waals surface area contributed by atoms with Gasteiger partial charge >= 0.3 is 0 Å². The molecule has 1 unspecified atom stereocenters. The van der Waals surface area contributed by atoms with Gasteiger partial charge in [-0.1, -0.05) is 11.6 Å². The molecule has 0 aliphatic heterocycles. The number of fused-ring (bicyclic) bond motifs is 1. The predicted octanol–water partition coefficient (Wildman–Crippen LogP) is 5.45. The molecule has 1 aromatic heterocycles. The van der Waals surface area contributed by atoms with E-state index in [-0.39, 0.29) is 6.07 Å². The van der Waals surface area contributed by atoms with Gasteiger partial charge in [0.05, 0.1) is 10.4 Å². The van der Waals surface area contributed by atoms with Gasteiger partial charge in [-0.25, -0.2) is 17.6 Å². The lowest BCUT2D eigenvalue weighted by Crippen LogP contribution is -2.18. The minimum absolute atomic E-state index is 0.198. The van der Waals surface area contributed by atoms with Crippen LogP contribution in [0, 0.1) is 23.3 Å². The van der Waals surface area contributed by atoms with Crippen molar-refractivity contribution in [3.63, 3.8) is 0 Å². The summed E-state index contributed by atoms with van der Waals surface area (Å²) < 4.78 is 54.5. The largest absolute Gasteiger partial charge is 0.373 e. The molecule has 0 fully saturated rings. The number of nitrogens with one attached hydrogen (secondary N) is 1. The molecule has 1 atom stereocenters. The van der Waals surface area contributed by atoms with Gasteiger partial charge in [0.15, 0.2) is 23.3 Å². The van der Waals surface area contributed by atoms with Gasteiger partial charge in [0.2, 0.25) is 0 Å². The first-order valence-corrected chi connectivity index (χ1v) is 7.54. The van der Waals surface area contributed by atoms with E-state index in [2.05, 4.69) is 5.32 Å². The molecule has 2 aromatic rings. The molecule has 0 saturated heterocycles. The molecule has 1 nitrogen and oxygen atoms in total. The molecule has 7 heteroatoms. The Morgan fingerprint density at radius 3 is 2.43 bits per heavy atom. The van der Waals surface area contributed by atoms with Gasteiger partial charge < -0.3 is 5.32 Å². The Morgan fingerprint density at radius 2 is 1.76 bits per heavy atom. The maximum absolute atomic E-state index is 13.7. The Labute approximate surface area is 127 Å². The van der Waals surface area contributed by atoms with Crippen LogP contribution < -0.4 is 5.32 Å². The monoisotopic (exact) mass is 335 g/mol. The molecule has 1 aromatic carbocycles. The summed E-state index contributed by atoms with van der Waals surface area (Å²) >= 11 is 7.36. The number of rotatable bonds is 2. The third kappa shape index (κ3) is 2.62. The number of hydrogen-bond donors (Lipinski definition) is 1. The first-order valence-electron chi connectivity index (χ1n) is 6.35. The lowest BCUT2D eigenvalue weighted by atomic mass is 9.94. The molecule has 0 radical (unpaired) electrons. The van der Waals surface area contributed by atoms with E-state index in [1.54, 1.807) is 6.07 Å². The van der Waals surface area contributed by atoms with E-state index in [1.165, 1.54) is 11.3 Å². The molecule has 21 heavy (non-hydrogen) atoms. The zero-order chi connectivity index (χ0) is 15.1. The first kappa shape index (κ1) is 14.7. The summed E-state index contributed by atoms with van der Waals surface area (Å²) in [5.74, 6) is -5.67. The van der Waals surface area contributed by atoms with Gasteiger partial charge in [0, 0.05) is 10.9 Å². The number of benzene rings is 1. The quantitative estimate of drug-likeness (QED) is 0.568. The van der Waals surface area contributed by atoms with Gasteiger partial charge in [0.25, 0.3) is 0 Å². The summed E-state index contributed by atoms with van der Waals surface area (Å²) in [4.78, 5) is 1.03. The average molecular weight is 336 g/mol. The zero-order valence-corrected chi connectivity index (χ0v) is 12.2. The van der Waals surface area contributed by atoms with E-state index in [4.69, 9.17) is 11.6 Å². The summed E-state index contributed by atoms with van der Waals surface area (Å²) in [7, 11) is 0. The minimum atomic E-state index is -1.42. The maximum Gasteiger partial charge on any atom is 0.185 e. The van der Waals surface area contributed by atoms with Crippen molar-refractivity contribution >= 4 is 28.6 Å². The highest BCUT2D eigenvalue weighted by Crippen LogP contribution is 2.40. The summed E-state index contributed by atoms with van der Waals surface area (Å²) in [6, 6.07) is 1.51. The molecule has 0 amide bonds. The SMILES string of the molecule is Fc1cc(F)c(F)c(NC2CCCc3sc(Cl)cc32)c1F.